The number of aliphatic imine (C=N–C) groups is 1. The number of ether oxygens (including phenoxy) is 1. The number of para-hydroxylation sites is 1. The molecule has 0 saturated heterocycles. The molecule has 3 aromatic carbocycles. The molecule has 1 aliphatic heterocycles. The number of allylic oxidation sites excluding steroid dienone is 2. The predicted molar refractivity (Wildman–Crippen MR) is 107 cm³/mol. The maximum absolute atomic E-state index is 12.2. The van der Waals surface area contributed by atoms with Gasteiger partial charge in [-0.3, -0.25) is 10.1 Å². The van der Waals surface area contributed by atoms with E-state index in [2.05, 4.69) is 4.99 Å². The highest BCUT2D eigenvalue weighted by Crippen LogP contribution is 2.24. The van der Waals surface area contributed by atoms with Gasteiger partial charge in [-0.05, 0) is 35.1 Å². The molecule has 3 aromatic rings. The van der Waals surface area contributed by atoms with Crippen LogP contribution in [0.3, 0.4) is 0 Å². The van der Waals surface area contributed by atoms with E-state index in [1.54, 1.807) is 30.4 Å². The summed E-state index contributed by atoms with van der Waals surface area (Å²) in [6.07, 6.45) is 4.59. The van der Waals surface area contributed by atoms with Gasteiger partial charge in [-0.2, -0.15) is 0 Å². The molecule has 6 nitrogen and oxygen atoms in total. The van der Waals surface area contributed by atoms with Crippen LogP contribution in [0.15, 0.2) is 89.6 Å². The van der Waals surface area contributed by atoms with Crippen LogP contribution in [0.2, 0.25) is 0 Å². The molecule has 1 aliphatic rings. The van der Waals surface area contributed by atoms with Crippen molar-refractivity contribution in [1.29, 1.82) is 0 Å². The zero-order valence-corrected chi connectivity index (χ0v) is 14.6. The van der Waals surface area contributed by atoms with E-state index in [-0.39, 0.29) is 17.3 Å². The molecule has 4 rings (SSSR count). The summed E-state index contributed by atoms with van der Waals surface area (Å²) < 4.78 is 5.33. The molecule has 0 atom stereocenters. The zero-order valence-electron chi connectivity index (χ0n) is 14.6. The summed E-state index contributed by atoms with van der Waals surface area (Å²) in [5, 5.41) is 13.0. The Morgan fingerprint density at radius 3 is 2.57 bits per heavy atom. The topological polar surface area (TPSA) is 81.8 Å². The number of nitro groups is 1. The molecule has 0 radical (unpaired) electrons. The van der Waals surface area contributed by atoms with Crippen LogP contribution in [-0.4, -0.2) is 16.8 Å². The van der Waals surface area contributed by atoms with Gasteiger partial charge in [-0.15, -0.1) is 0 Å². The third kappa shape index (κ3) is 3.31. The van der Waals surface area contributed by atoms with Gasteiger partial charge < -0.3 is 4.74 Å². The van der Waals surface area contributed by atoms with Crippen LogP contribution in [0, 0.1) is 10.1 Å². The Morgan fingerprint density at radius 2 is 1.71 bits per heavy atom. The van der Waals surface area contributed by atoms with E-state index in [1.807, 2.05) is 42.5 Å². The highest BCUT2D eigenvalue weighted by atomic mass is 16.6. The quantitative estimate of drug-likeness (QED) is 0.290. The minimum Gasteiger partial charge on any atom is -0.402 e. The van der Waals surface area contributed by atoms with Crippen molar-refractivity contribution < 1.29 is 14.5 Å². The molecule has 0 N–H and O–H groups in total. The highest BCUT2D eigenvalue weighted by molar-refractivity contribution is 6.16. The van der Waals surface area contributed by atoms with Crippen molar-refractivity contribution in [3.05, 3.63) is 106 Å². The van der Waals surface area contributed by atoms with E-state index in [4.69, 9.17) is 4.74 Å². The SMILES string of the molecule is O=C1OC(c2cccc3ccccc23)=N/C1=C/C=C/c1ccccc1[N+](=O)[O-]. The number of fused-ring (bicyclic) bond motifs is 1. The molecular formula is C22H14N2O4. The molecule has 0 saturated carbocycles. The van der Waals surface area contributed by atoms with Gasteiger partial charge in [-0.25, -0.2) is 9.79 Å². The van der Waals surface area contributed by atoms with Crippen molar-refractivity contribution >= 4 is 34.4 Å². The highest BCUT2D eigenvalue weighted by Gasteiger charge is 2.24. The Labute approximate surface area is 160 Å². The second kappa shape index (κ2) is 7.28. The minimum atomic E-state index is -0.560. The van der Waals surface area contributed by atoms with Crippen LogP contribution in [0.5, 0.6) is 0 Å². The number of carbonyl (C=O) groups excluding carboxylic acids is 1. The van der Waals surface area contributed by atoms with Crippen molar-refractivity contribution in [2.75, 3.05) is 0 Å². The normalized spacial score (nSPS) is 15.2. The van der Waals surface area contributed by atoms with E-state index < -0.39 is 10.9 Å². The lowest BCUT2D eigenvalue weighted by Gasteiger charge is -2.04. The molecular weight excluding hydrogens is 356 g/mol. The summed E-state index contributed by atoms with van der Waals surface area (Å²) >= 11 is 0. The third-order valence-corrected chi connectivity index (χ3v) is 4.30. The number of hydrogen-bond donors (Lipinski definition) is 0. The first-order valence-electron chi connectivity index (χ1n) is 8.54. The summed E-state index contributed by atoms with van der Waals surface area (Å²) in [6, 6.07) is 19.8. The fourth-order valence-corrected chi connectivity index (χ4v) is 2.99. The molecule has 0 aliphatic carbocycles. The van der Waals surface area contributed by atoms with Gasteiger partial charge in [-0.1, -0.05) is 54.6 Å². The van der Waals surface area contributed by atoms with Crippen molar-refractivity contribution in [2.45, 2.75) is 0 Å². The number of benzene rings is 3. The van der Waals surface area contributed by atoms with Crippen LogP contribution >= 0.6 is 0 Å². The number of nitrogens with zero attached hydrogens (tertiary/aromatic N) is 2. The average molecular weight is 370 g/mol. The fourth-order valence-electron chi connectivity index (χ4n) is 2.99. The molecule has 1 heterocycles. The van der Waals surface area contributed by atoms with Gasteiger partial charge in [0.05, 0.1) is 10.5 Å². The molecule has 0 spiro atoms. The molecule has 0 aromatic heterocycles. The first kappa shape index (κ1) is 17.4. The van der Waals surface area contributed by atoms with Gasteiger partial charge >= 0.3 is 5.97 Å². The van der Waals surface area contributed by atoms with Crippen molar-refractivity contribution in [3.8, 4) is 0 Å². The number of cyclic esters (lactones) is 1. The Balaban J connectivity index is 1.65. The lowest BCUT2D eigenvalue weighted by atomic mass is 10.0. The lowest BCUT2D eigenvalue weighted by molar-refractivity contribution is -0.385. The van der Waals surface area contributed by atoms with E-state index in [0.717, 1.165) is 16.3 Å². The molecule has 28 heavy (non-hydrogen) atoms. The van der Waals surface area contributed by atoms with Crippen molar-refractivity contribution in [3.63, 3.8) is 0 Å². The Morgan fingerprint density at radius 1 is 0.964 bits per heavy atom. The Hall–Kier alpha value is -4.06. The van der Waals surface area contributed by atoms with Gasteiger partial charge in [0.2, 0.25) is 5.90 Å². The van der Waals surface area contributed by atoms with Crippen molar-refractivity contribution in [2.24, 2.45) is 4.99 Å². The summed E-state index contributed by atoms with van der Waals surface area (Å²) in [7, 11) is 0. The van der Waals surface area contributed by atoms with Gasteiger partial charge in [0.1, 0.15) is 0 Å². The van der Waals surface area contributed by atoms with Crippen LogP contribution in [0.1, 0.15) is 11.1 Å². The smallest absolute Gasteiger partial charge is 0.363 e. The largest absolute Gasteiger partial charge is 0.402 e. The monoisotopic (exact) mass is 370 g/mol. The number of esters is 1. The van der Waals surface area contributed by atoms with E-state index in [9.17, 15) is 14.9 Å². The Bertz CT molecular complexity index is 1190. The number of nitro benzene ring substituents is 1. The van der Waals surface area contributed by atoms with E-state index >= 15 is 0 Å². The standard InChI is InChI=1S/C22H14N2O4/c25-22-19(13-6-10-16-8-2-4-14-20(16)24(26)27)23-21(28-22)18-12-5-9-15-7-1-3-11-17(15)18/h1-14H/b10-6+,19-13+. The predicted octanol–water partition coefficient (Wildman–Crippen LogP) is 4.65. The molecule has 6 heteroatoms. The summed E-state index contributed by atoms with van der Waals surface area (Å²) in [4.78, 5) is 27.1. The number of carbonyl (C=O) groups is 1. The number of hydrogen-bond acceptors (Lipinski definition) is 5. The van der Waals surface area contributed by atoms with Gasteiger partial charge in [0.25, 0.3) is 5.69 Å². The Kier molecular flexibility index (Phi) is 4.51. The van der Waals surface area contributed by atoms with Crippen LogP contribution in [0.25, 0.3) is 16.8 Å². The molecule has 0 fully saturated rings. The molecule has 0 amide bonds. The molecule has 0 bridgehead atoms. The van der Waals surface area contributed by atoms with E-state index in [0.29, 0.717) is 5.56 Å². The van der Waals surface area contributed by atoms with Crippen LogP contribution < -0.4 is 0 Å². The van der Waals surface area contributed by atoms with E-state index in [1.165, 1.54) is 12.1 Å². The second-order valence-electron chi connectivity index (χ2n) is 6.06. The first-order valence-corrected chi connectivity index (χ1v) is 8.54. The summed E-state index contributed by atoms with van der Waals surface area (Å²) in [5.74, 6) is -0.317. The fraction of sp³-hybridized carbons (Fsp3) is 0. The van der Waals surface area contributed by atoms with Gasteiger partial charge in [0, 0.05) is 11.6 Å². The second-order valence-corrected chi connectivity index (χ2v) is 6.06. The van der Waals surface area contributed by atoms with Crippen LogP contribution in [0.4, 0.5) is 5.69 Å². The molecule has 136 valence electrons. The zero-order chi connectivity index (χ0) is 19.5. The maximum atomic E-state index is 12.2. The first-order chi connectivity index (χ1) is 13.6. The van der Waals surface area contributed by atoms with Gasteiger partial charge in [0.15, 0.2) is 5.70 Å². The minimum absolute atomic E-state index is 0.00825. The number of rotatable bonds is 4. The summed E-state index contributed by atoms with van der Waals surface area (Å²) in [5.41, 5.74) is 1.30. The summed E-state index contributed by atoms with van der Waals surface area (Å²) in [6.45, 7) is 0. The third-order valence-electron chi connectivity index (χ3n) is 4.30. The lowest BCUT2D eigenvalue weighted by Crippen LogP contribution is -2.05. The maximum Gasteiger partial charge on any atom is 0.363 e. The average Bonchev–Trinajstić information content (AvgIpc) is 3.08. The van der Waals surface area contributed by atoms with Crippen LogP contribution in [-0.2, 0) is 9.53 Å². The molecule has 0 unspecified atom stereocenters. The van der Waals surface area contributed by atoms with Crippen molar-refractivity contribution in [1.82, 2.24) is 0 Å².